The Balaban J connectivity index is 0.00000147. The van der Waals surface area contributed by atoms with Crippen molar-refractivity contribution < 1.29 is 4.79 Å². The molecule has 1 aliphatic carbocycles. The van der Waals surface area contributed by atoms with E-state index in [9.17, 15) is 4.79 Å². The maximum absolute atomic E-state index is 12.2. The summed E-state index contributed by atoms with van der Waals surface area (Å²) in [5.41, 5.74) is 0.545. The van der Waals surface area contributed by atoms with Crippen molar-refractivity contribution in [2.45, 2.75) is 57.8 Å². The lowest BCUT2D eigenvalue weighted by Crippen LogP contribution is -2.34. The van der Waals surface area contributed by atoms with E-state index in [1.807, 2.05) is 0 Å². The number of carbonyl (C=O) groups excluding carboxylic acids is 1. The maximum Gasteiger partial charge on any atom is 0.222 e. The Morgan fingerprint density at radius 3 is 2.50 bits per heavy atom. The first-order valence-corrected chi connectivity index (χ1v) is 8.29. The van der Waals surface area contributed by atoms with Gasteiger partial charge in [-0.15, -0.1) is 12.4 Å². The molecule has 0 aromatic carbocycles. The molecule has 1 atom stereocenters. The van der Waals surface area contributed by atoms with Crippen molar-refractivity contribution in [1.82, 2.24) is 10.2 Å². The zero-order valence-electron chi connectivity index (χ0n) is 12.5. The summed E-state index contributed by atoms with van der Waals surface area (Å²) in [6.07, 6.45) is 11.3. The third-order valence-electron chi connectivity index (χ3n) is 5.75. The lowest BCUT2D eigenvalue weighted by Gasteiger charge is -2.38. The first kappa shape index (κ1) is 16.1. The number of rotatable bonds is 3. The Bertz CT molecular complexity index is 322. The molecule has 2 aliphatic heterocycles. The van der Waals surface area contributed by atoms with Gasteiger partial charge in [0.1, 0.15) is 0 Å². The molecule has 20 heavy (non-hydrogen) atoms. The van der Waals surface area contributed by atoms with E-state index >= 15 is 0 Å². The van der Waals surface area contributed by atoms with Crippen LogP contribution in [0.1, 0.15) is 57.8 Å². The summed E-state index contributed by atoms with van der Waals surface area (Å²) >= 11 is 0. The molecule has 2 saturated heterocycles. The van der Waals surface area contributed by atoms with Crippen molar-refractivity contribution >= 4 is 18.3 Å². The van der Waals surface area contributed by atoms with Gasteiger partial charge in [-0.1, -0.05) is 19.3 Å². The highest BCUT2D eigenvalue weighted by molar-refractivity contribution is 5.85. The Morgan fingerprint density at radius 2 is 1.80 bits per heavy atom. The molecule has 0 bridgehead atoms. The van der Waals surface area contributed by atoms with Crippen LogP contribution in [0.5, 0.6) is 0 Å². The summed E-state index contributed by atoms with van der Waals surface area (Å²) in [5.74, 6) is 1.16. The van der Waals surface area contributed by atoms with Gasteiger partial charge in [0.2, 0.25) is 5.91 Å². The highest BCUT2D eigenvalue weighted by atomic mass is 35.5. The molecule has 0 aromatic heterocycles. The van der Waals surface area contributed by atoms with Crippen LogP contribution < -0.4 is 5.32 Å². The molecule has 3 rings (SSSR count). The van der Waals surface area contributed by atoms with Crippen LogP contribution in [0.3, 0.4) is 0 Å². The number of likely N-dealkylation sites (tertiary alicyclic amines) is 1. The van der Waals surface area contributed by atoms with Crippen molar-refractivity contribution in [3.63, 3.8) is 0 Å². The van der Waals surface area contributed by atoms with E-state index in [2.05, 4.69) is 10.2 Å². The van der Waals surface area contributed by atoms with Crippen molar-refractivity contribution in [3.05, 3.63) is 0 Å². The van der Waals surface area contributed by atoms with Crippen LogP contribution in [0.4, 0.5) is 0 Å². The lowest BCUT2D eigenvalue weighted by atomic mass is 9.66. The quantitative estimate of drug-likeness (QED) is 0.869. The van der Waals surface area contributed by atoms with Crippen molar-refractivity contribution in [2.75, 3.05) is 26.2 Å². The van der Waals surface area contributed by atoms with Crippen LogP contribution in [0, 0.1) is 11.3 Å². The Labute approximate surface area is 129 Å². The van der Waals surface area contributed by atoms with Crippen LogP contribution in [-0.2, 0) is 4.79 Å². The largest absolute Gasteiger partial charge is 0.343 e. The molecule has 3 fully saturated rings. The average Bonchev–Trinajstić information content (AvgIpc) is 3.08. The molecule has 1 unspecified atom stereocenters. The molecule has 1 saturated carbocycles. The van der Waals surface area contributed by atoms with E-state index in [0.717, 1.165) is 38.4 Å². The van der Waals surface area contributed by atoms with Crippen molar-refractivity contribution in [2.24, 2.45) is 11.3 Å². The van der Waals surface area contributed by atoms with Crippen LogP contribution in [0.15, 0.2) is 0 Å². The molecule has 1 N–H and O–H groups in total. The minimum absolute atomic E-state index is 0. The fourth-order valence-electron chi connectivity index (χ4n) is 4.53. The van der Waals surface area contributed by atoms with Gasteiger partial charge in [-0.25, -0.2) is 0 Å². The number of hydrogen-bond acceptors (Lipinski definition) is 2. The monoisotopic (exact) mass is 300 g/mol. The number of carbonyl (C=O) groups is 1. The number of nitrogens with zero attached hydrogens (tertiary/aromatic N) is 1. The van der Waals surface area contributed by atoms with Crippen LogP contribution in [0.25, 0.3) is 0 Å². The molecule has 4 heteroatoms. The molecule has 3 nitrogen and oxygen atoms in total. The van der Waals surface area contributed by atoms with E-state index in [1.54, 1.807) is 0 Å². The summed E-state index contributed by atoms with van der Waals surface area (Å²) < 4.78 is 0. The molecular weight excluding hydrogens is 272 g/mol. The highest BCUT2D eigenvalue weighted by Crippen LogP contribution is 2.46. The minimum atomic E-state index is 0. The molecule has 116 valence electrons. The van der Waals surface area contributed by atoms with E-state index in [-0.39, 0.29) is 12.4 Å². The van der Waals surface area contributed by atoms with Crippen molar-refractivity contribution in [3.8, 4) is 0 Å². The average molecular weight is 301 g/mol. The van der Waals surface area contributed by atoms with Crippen LogP contribution in [0.2, 0.25) is 0 Å². The highest BCUT2D eigenvalue weighted by Gasteiger charge is 2.43. The van der Waals surface area contributed by atoms with Gasteiger partial charge in [0.25, 0.3) is 0 Å². The second-order valence-electron chi connectivity index (χ2n) is 6.88. The summed E-state index contributed by atoms with van der Waals surface area (Å²) in [6.45, 7) is 4.36. The van der Waals surface area contributed by atoms with Gasteiger partial charge >= 0.3 is 0 Å². The summed E-state index contributed by atoms with van der Waals surface area (Å²) in [7, 11) is 0. The summed E-state index contributed by atoms with van der Waals surface area (Å²) in [6, 6.07) is 0. The SMILES string of the molecule is Cl.O=C(CCC1CNCC12CCCCC2)N1CCCC1. The van der Waals surface area contributed by atoms with Gasteiger partial charge in [0, 0.05) is 26.1 Å². The lowest BCUT2D eigenvalue weighted by molar-refractivity contribution is -0.130. The summed E-state index contributed by atoms with van der Waals surface area (Å²) in [5, 5.41) is 3.60. The zero-order chi connectivity index (χ0) is 13.1. The molecule has 1 amide bonds. The van der Waals surface area contributed by atoms with E-state index < -0.39 is 0 Å². The second-order valence-corrected chi connectivity index (χ2v) is 6.88. The molecule has 0 aromatic rings. The standard InChI is InChI=1S/C16H28N2O.ClH/c19-15(18-10-4-5-11-18)7-6-14-12-17-13-16(14)8-2-1-3-9-16;/h14,17H,1-13H2;1H. The third-order valence-corrected chi connectivity index (χ3v) is 5.75. The third kappa shape index (κ3) is 3.30. The molecule has 2 heterocycles. The molecular formula is C16H29ClN2O. The van der Waals surface area contributed by atoms with Crippen LogP contribution in [-0.4, -0.2) is 37.0 Å². The molecule has 1 spiro atoms. The fraction of sp³-hybridized carbons (Fsp3) is 0.938. The topological polar surface area (TPSA) is 32.3 Å². The first-order valence-electron chi connectivity index (χ1n) is 8.29. The maximum atomic E-state index is 12.2. The van der Waals surface area contributed by atoms with E-state index in [4.69, 9.17) is 0 Å². The predicted octanol–water partition coefficient (Wildman–Crippen LogP) is 2.98. The predicted molar refractivity (Wildman–Crippen MR) is 84.2 cm³/mol. The Morgan fingerprint density at radius 1 is 1.10 bits per heavy atom. The number of halogens is 1. The second kappa shape index (κ2) is 7.13. The number of hydrogen-bond donors (Lipinski definition) is 1. The van der Waals surface area contributed by atoms with Gasteiger partial charge in [-0.05, 0) is 50.0 Å². The van der Waals surface area contributed by atoms with Crippen molar-refractivity contribution in [1.29, 1.82) is 0 Å². The number of nitrogens with one attached hydrogen (secondary N) is 1. The zero-order valence-corrected chi connectivity index (χ0v) is 13.3. The molecule has 0 radical (unpaired) electrons. The van der Waals surface area contributed by atoms with Crippen LogP contribution >= 0.6 is 12.4 Å². The number of amides is 1. The molecule has 3 aliphatic rings. The van der Waals surface area contributed by atoms with Gasteiger partial charge in [-0.3, -0.25) is 4.79 Å². The smallest absolute Gasteiger partial charge is 0.222 e. The normalized spacial score (nSPS) is 28.6. The van der Waals surface area contributed by atoms with E-state index in [1.165, 1.54) is 51.5 Å². The van der Waals surface area contributed by atoms with Gasteiger partial charge in [-0.2, -0.15) is 0 Å². The Kier molecular flexibility index (Phi) is 5.74. The van der Waals surface area contributed by atoms with Gasteiger partial charge in [0.15, 0.2) is 0 Å². The first-order chi connectivity index (χ1) is 9.30. The fourth-order valence-corrected chi connectivity index (χ4v) is 4.53. The minimum Gasteiger partial charge on any atom is -0.343 e. The Hall–Kier alpha value is -0.280. The summed E-state index contributed by atoms with van der Waals surface area (Å²) in [4.78, 5) is 14.3. The van der Waals surface area contributed by atoms with Gasteiger partial charge in [0.05, 0.1) is 0 Å². The van der Waals surface area contributed by atoms with Gasteiger partial charge < -0.3 is 10.2 Å². The van der Waals surface area contributed by atoms with E-state index in [0.29, 0.717) is 11.3 Å².